The highest BCUT2D eigenvalue weighted by molar-refractivity contribution is 6.05. The highest BCUT2D eigenvalue weighted by Gasteiger charge is 2.46. The Hall–Kier alpha value is -1.16. The number of rotatable bonds is 6. The molecule has 0 aromatic heterocycles. The first-order valence-corrected chi connectivity index (χ1v) is 6.75. The van der Waals surface area contributed by atoms with Crippen molar-refractivity contribution < 1.29 is 14.3 Å². The number of nitrogens with zero attached hydrogens (tertiary/aromatic N) is 1. The molecule has 1 heterocycles. The largest absolute Gasteiger partial charge is 0.385 e. The van der Waals surface area contributed by atoms with Crippen LogP contribution >= 0.6 is 0 Å². The Morgan fingerprint density at radius 1 is 1.11 bits per heavy atom. The van der Waals surface area contributed by atoms with E-state index < -0.39 is 0 Å². The van der Waals surface area contributed by atoms with Gasteiger partial charge in [0.25, 0.3) is 0 Å². The molecule has 0 aromatic rings. The van der Waals surface area contributed by atoms with Crippen molar-refractivity contribution in [2.75, 3.05) is 20.3 Å². The highest BCUT2D eigenvalue weighted by atomic mass is 16.5. The molecule has 1 fully saturated rings. The number of carbonyl (C=O) groups excluding carboxylic acids is 2. The molecule has 100 valence electrons. The Kier molecular flexibility index (Phi) is 4.53. The van der Waals surface area contributed by atoms with Gasteiger partial charge in [-0.25, -0.2) is 0 Å². The average molecular weight is 251 g/mol. The third-order valence-electron chi connectivity index (χ3n) is 3.83. The zero-order valence-corrected chi connectivity index (χ0v) is 10.9. The predicted molar refractivity (Wildman–Crippen MR) is 67.8 cm³/mol. The number of ether oxygens (including phenoxy) is 1. The van der Waals surface area contributed by atoms with E-state index in [-0.39, 0.29) is 23.7 Å². The zero-order chi connectivity index (χ0) is 13.0. The van der Waals surface area contributed by atoms with E-state index in [1.165, 1.54) is 4.90 Å². The molecular formula is C14H21NO3. The monoisotopic (exact) mass is 251 g/mol. The van der Waals surface area contributed by atoms with Crippen LogP contribution in [-0.4, -0.2) is 37.0 Å². The number of hydrogen-bond acceptors (Lipinski definition) is 3. The van der Waals surface area contributed by atoms with Crippen LogP contribution < -0.4 is 0 Å². The van der Waals surface area contributed by atoms with Gasteiger partial charge in [0.2, 0.25) is 11.8 Å². The van der Waals surface area contributed by atoms with E-state index in [1.807, 2.05) is 12.2 Å². The Balaban J connectivity index is 1.83. The fourth-order valence-corrected chi connectivity index (χ4v) is 2.78. The summed E-state index contributed by atoms with van der Waals surface area (Å²) in [6.45, 7) is 1.32. The maximum Gasteiger partial charge on any atom is 0.233 e. The SMILES string of the molecule is COCCCCCN1C(=O)[C@H]2CC=CC[C@H]2C1=O. The van der Waals surface area contributed by atoms with Gasteiger partial charge in [0, 0.05) is 20.3 Å². The van der Waals surface area contributed by atoms with Gasteiger partial charge < -0.3 is 4.74 Å². The zero-order valence-electron chi connectivity index (χ0n) is 10.9. The molecule has 1 aliphatic carbocycles. The number of allylic oxidation sites excluding steroid dienone is 2. The minimum atomic E-state index is -0.0820. The van der Waals surface area contributed by atoms with Crippen molar-refractivity contribution in [1.82, 2.24) is 4.90 Å². The molecule has 0 saturated carbocycles. The summed E-state index contributed by atoms with van der Waals surface area (Å²) in [5.74, 6) is -0.0786. The summed E-state index contributed by atoms with van der Waals surface area (Å²) in [6, 6.07) is 0. The van der Waals surface area contributed by atoms with Crippen LogP contribution in [0.25, 0.3) is 0 Å². The van der Waals surface area contributed by atoms with Crippen LogP contribution in [0.5, 0.6) is 0 Å². The fraction of sp³-hybridized carbons (Fsp3) is 0.714. The van der Waals surface area contributed by atoms with Crippen LogP contribution in [0.2, 0.25) is 0 Å². The first-order valence-electron chi connectivity index (χ1n) is 6.75. The van der Waals surface area contributed by atoms with E-state index in [4.69, 9.17) is 4.74 Å². The Bertz CT molecular complexity index is 325. The number of hydrogen-bond donors (Lipinski definition) is 0. The minimum absolute atomic E-state index is 0.0427. The fourth-order valence-electron chi connectivity index (χ4n) is 2.78. The van der Waals surface area contributed by atoms with Crippen LogP contribution in [-0.2, 0) is 14.3 Å². The number of likely N-dealkylation sites (tertiary alicyclic amines) is 1. The van der Waals surface area contributed by atoms with Crippen molar-refractivity contribution >= 4 is 11.8 Å². The van der Waals surface area contributed by atoms with Crippen molar-refractivity contribution in [1.29, 1.82) is 0 Å². The second kappa shape index (κ2) is 6.14. The predicted octanol–water partition coefficient (Wildman–Crippen LogP) is 1.75. The van der Waals surface area contributed by atoms with E-state index in [1.54, 1.807) is 7.11 Å². The molecule has 0 aromatic carbocycles. The summed E-state index contributed by atoms with van der Waals surface area (Å²) >= 11 is 0. The molecule has 2 aliphatic rings. The molecular weight excluding hydrogens is 230 g/mol. The number of amides is 2. The van der Waals surface area contributed by atoms with E-state index in [0.717, 1.165) is 38.7 Å². The number of unbranched alkanes of at least 4 members (excludes halogenated alkanes) is 2. The lowest BCUT2D eigenvalue weighted by molar-refractivity contribution is -0.139. The highest BCUT2D eigenvalue weighted by Crippen LogP contribution is 2.35. The van der Waals surface area contributed by atoms with Gasteiger partial charge in [0.15, 0.2) is 0 Å². The van der Waals surface area contributed by atoms with Crippen LogP contribution in [0.1, 0.15) is 32.1 Å². The van der Waals surface area contributed by atoms with Gasteiger partial charge in [0.1, 0.15) is 0 Å². The summed E-state index contributed by atoms with van der Waals surface area (Å²) in [5.41, 5.74) is 0. The standard InChI is InChI=1S/C14H21NO3/c1-18-10-6-2-5-9-15-13(16)11-7-3-4-8-12(11)14(15)17/h3-4,11-12H,2,5-10H2,1H3/t11-,12+. The maximum absolute atomic E-state index is 12.1. The van der Waals surface area contributed by atoms with E-state index in [2.05, 4.69) is 0 Å². The molecule has 2 amide bonds. The van der Waals surface area contributed by atoms with Gasteiger partial charge >= 0.3 is 0 Å². The van der Waals surface area contributed by atoms with Gasteiger partial charge in [-0.1, -0.05) is 12.2 Å². The summed E-state index contributed by atoms with van der Waals surface area (Å²) in [4.78, 5) is 25.7. The molecule has 1 saturated heterocycles. The lowest BCUT2D eigenvalue weighted by Crippen LogP contribution is -2.32. The van der Waals surface area contributed by atoms with Gasteiger partial charge in [-0.2, -0.15) is 0 Å². The van der Waals surface area contributed by atoms with Crippen molar-refractivity contribution in [3.8, 4) is 0 Å². The van der Waals surface area contributed by atoms with Gasteiger partial charge in [-0.15, -0.1) is 0 Å². The maximum atomic E-state index is 12.1. The van der Waals surface area contributed by atoms with Crippen molar-refractivity contribution in [2.45, 2.75) is 32.1 Å². The van der Waals surface area contributed by atoms with Crippen LogP contribution in [0.3, 0.4) is 0 Å². The first kappa shape index (κ1) is 13.3. The average Bonchev–Trinajstić information content (AvgIpc) is 2.64. The third-order valence-corrected chi connectivity index (χ3v) is 3.83. The lowest BCUT2D eigenvalue weighted by atomic mass is 9.85. The molecule has 0 N–H and O–H groups in total. The molecule has 2 rings (SSSR count). The second-order valence-corrected chi connectivity index (χ2v) is 5.04. The van der Waals surface area contributed by atoms with E-state index in [9.17, 15) is 9.59 Å². The van der Waals surface area contributed by atoms with Crippen LogP contribution in [0, 0.1) is 11.8 Å². The first-order chi connectivity index (χ1) is 8.75. The second-order valence-electron chi connectivity index (χ2n) is 5.04. The molecule has 18 heavy (non-hydrogen) atoms. The molecule has 2 atom stereocenters. The van der Waals surface area contributed by atoms with Gasteiger partial charge in [-0.3, -0.25) is 14.5 Å². The molecule has 4 heteroatoms. The van der Waals surface area contributed by atoms with Crippen molar-refractivity contribution in [3.63, 3.8) is 0 Å². The van der Waals surface area contributed by atoms with E-state index in [0.29, 0.717) is 6.54 Å². The Labute approximate surface area is 108 Å². The Morgan fingerprint density at radius 3 is 2.28 bits per heavy atom. The van der Waals surface area contributed by atoms with Crippen molar-refractivity contribution in [2.24, 2.45) is 11.8 Å². The Morgan fingerprint density at radius 2 is 1.72 bits per heavy atom. The number of carbonyl (C=O) groups is 2. The minimum Gasteiger partial charge on any atom is -0.385 e. The molecule has 4 nitrogen and oxygen atoms in total. The summed E-state index contributed by atoms with van der Waals surface area (Å²) in [5, 5.41) is 0. The van der Waals surface area contributed by atoms with Crippen LogP contribution in [0.15, 0.2) is 12.2 Å². The number of fused-ring (bicyclic) bond motifs is 1. The van der Waals surface area contributed by atoms with Crippen molar-refractivity contribution in [3.05, 3.63) is 12.2 Å². The normalized spacial score (nSPS) is 26.8. The number of imide groups is 1. The van der Waals surface area contributed by atoms with Gasteiger partial charge in [0.05, 0.1) is 11.8 Å². The third kappa shape index (κ3) is 2.64. The smallest absolute Gasteiger partial charge is 0.233 e. The summed E-state index contributed by atoms with van der Waals surface area (Å²) < 4.78 is 4.98. The van der Waals surface area contributed by atoms with Crippen LogP contribution in [0.4, 0.5) is 0 Å². The molecule has 0 unspecified atom stereocenters. The van der Waals surface area contributed by atoms with E-state index >= 15 is 0 Å². The molecule has 0 spiro atoms. The number of methoxy groups -OCH3 is 1. The summed E-state index contributed by atoms with van der Waals surface area (Å²) in [6.07, 6.45) is 8.38. The lowest BCUT2D eigenvalue weighted by Gasteiger charge is -2.14. The quantitative estimate of drug-likeness (QED) is 0.410. The van der Waals surface area contributed by atoms with Gasteiger partial charge in [-0.05, 0) is 32.1 Å². The topological polar surface area (TPSA) is 46.6 Å². The molecule has 0 bridgehead atoms. The summed E-state index contributed by atoms with van der Waals surface area (Å²) in [7, 11) is 1.69. The molecule has 1 aliphatic heterocycles. The molecule has 0 radical (unpaired) electrons.